The Hall–Kier alpha value is -0.830. The number of hydrogen-bond donors (Lipinski definition) is 0. The largest absolute Gasteiger partial charge is 0.493 e. The van der Waals surface area contributed by atoms with Crippen LogP contribution in [0.2, 0.25) is 0 Å². The highest BCUT2D eigenvalue weighted by Gasteiger charge is 1.97. The Labute approximate surface area is 98.8 Å². The van der Waals surface area contributed by atoms with E-state index in [0.717, 1.165) is 17.5 Å². The number of Topliss-reactive ketones (excluding diaryl/α,β-unsaturated/α-hetero) is 1. The first-order chi connectivity index (χ1) is 7.22. The number of halogens is 1. The van der Waals surface area contributed by atoms with Gasteiger partial charge in [0.2, 0.25) is 0 Å². The third-order valence-electron chi connectivity index (χ3n) is 2.03. The topological polar surface area (TPSA) is 26.3 Å². The maximum absolute atomic E-state index is 10.8. The third-order valence-corrected chi connectivity index (χ3v) is 2.36. The Morgan fingerprint density at radius 2 is 2.00 bits per heavy atom. The lowest BCUT2D eigenvalue weighted by atomic mass is 10.1. The average molecular weight is 271 g/mol. The molecule has 0 bridgehead atoms. The summed E-state index contributed by atoms with van der Waals surface area (Å²) in [7, 11) is 0. The van der Waals surface area contributed by atoms with Crippen molar-refractivity contribution in [2.24, 2.45) is 0 Å². The molecule has 2 nitrogen and oxygen atoms in total. The van der Waals surface area contributed by atoms with Crippen molar-refractivity contribution >= 4 is 21.7 Å². The van der Waals surface area contributed by atoms with Gasteiger partial charge in [-0.3, -0.25) is 0 Å². The van der Waals surface area contributed by atoms with Gasteiger partial charge in [0.1, 0.15) is 11.5 Å². The fourth-order valence-corrected chi connectivity index (χ4v) is 1.39. The molecule has 0 aromatic heterocycles. The maximum atomic E-state index is 10.8. The lowest BCUT2D eigenvalue weighted by Gasteiger charge is -2.04. The molecule has 0 unspecified atom stereocenters. The van der Waals surface area contributed by atoms with E-state index in [2.05, 4.69) is 15.9 Å². The minimum Gasteiger partial charge on any atom is -0.493 e. The summed E-state index contributed by atoms with van der Waals surface area (Å²) in [5, 5.41) is 0.832. The molecule has 0 fully saturated rings. The van der Waals surface area contributed by atoms with Crippen molar-refractivity contribution in [3.05, 3.63) is 29.8 Å². The van der Waals surface area contributed by atoms with Crippen LogP contribution in [-0.4, -0.2) is 17.7 Å². The molecule has 1 aromatic rings. The van der Waals surface area contributed by atoms with Gasteiger partial charge in [-0.05, 0) is 31.0 Å². The molecule has 0 amide bonds. The number of hydrogen-bond acceptors (Lipinski definition) is 2. The third kappa shape index (κ3) is 4.98. The molecule has 0 aliphatic carbocycles. The molecule has 0 aliphatic heterocycles. The summed E-state index contributed by atoms with van der Waals surface area (Å²) in [5.74, 6) is 1.11. The van der Waals surface area contributed by atoms with Crippen LogP contribution in [0.25, 0.3) is 0 Å². The summed E-state index contributed by atoms with van der Waals surface area (Å²) >= 11 is 3.30. The summed E-state index contributed by atoms with van der Waals surface area (Å²) in [5.41, 5.74) is 1.18. The monoisotopic (exact) mass is 270 g/mol. The molecule has 0 saturated heterocycles. The van der Waals surface area contributed by atoms with Crippen molar-refractivity contribution in [3.8, 4) is 5.75 Å². The predicted octanol–water partition coefficient (Wildman–Crippen LogP) is 2.98. The van der Waals surface area contributed by atoms with Gasteiger partial charge >= 0.3 is 0 Å². The predicted molar refractivity (Wildman–Crippen MR) is 64.7 cm³/mol. The number of ether oxygens (including phenoxy) is 1. The Bertz CT molecular complexity index is 306. The van der Waals surface area contributed by atoms with Gasteiger partial charge in [-0.25, -0.2) is 0 Å². The summed E-state index contributed by atoms with van der Waals surface area (Å²) in [4.78, 5) is 10.8. The summed E-state index contributed by atoms with van der Waals surface area (Å²) in [6.07, 6.45) is 1.43. The van der Waals surface area contributed by atoms with Crippen LogP contribution in [0.3, 0.4) is 0 Å². The van der Waals surface area contributed by atoms with Crippen molar-refractivity contribution in [1.29, 1.82) is 0 Å². The molecule has 15 heavy (non-hydrogen) atoms. The molecular weight excluding hydrogens is 256 g/mol. The minimum absolute atomic E-state index is 0.231. The van der Waals surface area contributed by atoms with Crippen molar-refractivity contribution in [2.45, 2.75) is 19.8 Å². The van der Waals surface area contributed by atoms with E-state index in [9.17, 15) is 4.79 Å². The zero-order chi connectivity index (χ0) is 11.1. The quantitative estimate of drug-likeness (QED) is 0.743. The smallest absolute Gasteiger partial charge is 0.130 e. The van der Waals surface area contributed by atoms with Gasteiger partial charge in [0.15, 0.2) is 0 Å². The van der Waals surface area contributed by atoms with E-state index in [1.165, 1.54) is 5.56 Å². The SMILES string of the molecule is CC(=O)CCc1ccc(OCCBr)cc1. The highest BCUT2D eigenvalue weighted by atomic mass is 79.9. The van der Waals surface area contributed by atoms with Crippen molar-refractivity contribution in [3.63, 3.8) is 0 Å². The molecular formula is C12H15BrO2. The molecule has 1 rings (SSSR count). The van der Waals surface area contributed by atoms with Gasteiger partial charge in [-0.2, -0.15) is 0 Å². The number of carbonyl (C=O) groups excluding carboxylic acids is 1. The standard InChI is InChI=1S/C12H15BrO2/c1-10(14)2-3-11-4-6-12(7-5-11)15-9-8-13/h4-7H,2-3,8-9H2,1H3. The van der Waals surface area contributed by atoms with Crippen LogP contribution in [0, 0.1) is 0 Å². The van der Waals surface area contributed by atoms with Gasteiger partial charge in [0, 0.05) is 11.8 Å². The lowest BCUT2D eigenvalue weighted by molar-refractivity contribution is -0.116. The second kappa shape index (κ2) is 6.62. The molecule has 82 valence electrons. The lowest BCUT2D eigenvalue weighted by Crippen LogP contribution is -1.98. The Morgan fingerprint density at radius 1 is 1.33 bits per heavy atom. The molecule has 0 N–H and O–H groups in total. The zero-order valence-electron chi connectivity index (χ0n) is 8.83. The van der Waals surface area contributed by atoms with Crippen LogP contribution in [0.1, 0.15) is 18.9 Å². The first kappa shape index (κ1) is 12.2. The van der Waals surface area contributed by atoms with Gasteiger partial charge in [0.05, 0.1) is 6.61 Å². The number of aryl methyl sites for hydroxylation is 1. The van der Waals surface area contributed by atoms with Crippen LogP contribution in [0.15, 0.2) is 24.3 Å². The van der Waals surface area contributed by atoms with E-state index in [1.807, 2.05) is 24.3 Å². The van der Waals surface area contributed by atoms with E-state index < -0.39 is 0 Å². The molecule has 0 heterocycles. The fourth-order valence-electron chi connectivity index (χ4n) is 1.23. The van der Waals surface area contributed by atoms with E-state index in [-0.39, 0.29) is 5.78 Å². The highest BCUT2D eigenvalue weighted by Crippen LogP contribution is 2.13. The molecule has 0 spiro atoms. The van der Waals surface area contributed by atoms with Gasteiger partial charge in [-0.1, -0.05) is 28.1 Å². The second-order valence-electron chi connectivity index (χ2n) is 3.38. The van der Waals surface area contributed by atoms with Gasteiger partial charge < -0.3 is 9.53 Å². The van der Waals surface area contributed by atoms with Crippen LogP contribution in [0.5, 0.6) is 5.75 Å². The molecule has 0 aliphatic rings. The Balaban J connectivity index is 2.45. The summed E-state index contributed by atoms with van der Waals surface area (Å²) < 4.78 is 5.42. The maximum Gasteiger partial charge on any atom is 0.130 e. The fraction of sp³-hybridized carbons (Fsp3) is 0.417. The molecule has 3 heteroatoms. The Morgan fingerprint density at radius 3 is 2.53 bits per heavy atom. The number of carbonyl (C=O) groups is 1. The van der Waals surface area contributed by atoms with Gasteiger partial charge in [-0.15, -0.1) is 0 Å². The summed E-state index contributed by atoms with van der Waals surface area (Å²) in [6, 6.07) is 7.90. The second-order valence-corrected chi connectivity index (χ2v) is 4.18. The number of rotatable bonds is 6. The number of benzene rings is 1. The number of alkyl halides is 1. The highest BCUT2D eigenvalue weighted by molar-refractivity contribution is 9.09. The molecule has 0 saturated carbocycles. The van der Waals surface area contributed by atoms with E-state index in [0.29, 0.717) is 13.0 Å². The number of ketones is 1. The average Bonchev–Trinajstić information content (AvgIpc) is 2.25. The summed E-state index contributed by atoms with van der Waals surface area (Å²) in [6.45, 7) is 2.29. The van der Waals surface area contributed by atoms with Crippen molar-refractivity contribution in [1.82, 2.24) is 0 Å². The van der Waals surface area contributed by atoms with Crippen molar-refractivity contribution in [2.75, 3.05) is 11.9 Å². The minimum atomic E-state index is 0.231. The van der Waals surface area contributed by atoms with Crippen LogP contribution < -0.4 is 4.74 Å². The first-order valence-corrected chi connectivity index (χ1v) is 6.11. The van der Waals surface area contributed by atoms with Gasteiger partial charge in [0.25, 0.3) is 0 Å². The van der Waals surface area contributed by atoms with Crippen LogP contribution >= 0.6 is 15.9 Å². The van der Waals surface area contributed by atoms with E-state index in [4.69, 9.17) is 4.74 Å². The van der Waals surface area contributed by atoms with E-state index >= 15 is 0 Å². The Kier molecular flexibility index (Phi) is 5.40. The van der Waals surface area contributed by atoms with Crippen molar-refractivity contribution < 1.29 is 9.53 Å². The normalized spacial score (nSPS) is 10.0. The van der Waals surface area contributed by atoms with Crippen LogP contribution in [0.4, 0.5) is 0 Å². The first-order valence-electron chi connectivity index (χ1n) is 4.99. The zero-order valence-corrected chi connectivity index (χ0v) is 10.4. The van der Waals surface area contributed by atoms with E-state index in [1.54, 1.807) is 6.92 Å². The molecule has 0 radical (unpaired) electrons. The molecule has 1 aromatic carbocycles. The molecule has 0 atom stereocenters. The van der Waals surface area contributed by atoms with Crippen LogP contribution in [-0.2, 0) is 11.2 Å².